The molecule has 1 aromatic heterocycles. The lowest BCUT2D eigenvalue weighted by molar-refractivity contribution is 0.0945. The van der Waals surface area contributed by atoms with Crippen LogP contribution in [0.15, 0.2) is 54.6 Å². The largest absolute Gasteiger partial charge is 0.496 e. The first kappa shape index (κ1) is 20.1. The Kier molecular flexibility index (Phi) is 6.29. The molecule has 3 aromatic rings. The zero-order chi connectivity index (χ0) is 20.8. The van der Waals surface area contributed by atoms with Crippen molar-refractivity contribution in [3.05, 3.63) is 71.7 Å². The lowest BCUT2D eigenvalue weighted by atomic mass is 10.2. The lowest BCUT2D eigenvalue weighted by Gasteiger charge is -2.14. The van der Waals surface area contributed by atoms with E-state index in [0.29, 0.717) is 23.9 Å². The predicted octanol–water partition coefficient (Wildman–Crippen LogP) is 3.53. The molecule has 0 aliphatic rings. The average Bonchev–Trinajstić information content (AvgIpc) is 2.72. The van der Waals surface area contributed by atoms with E-state index in [1.54, 1.807) is 20.1 Å². The van der Waals surface area contributed by atoms with E-state index in [1.165, 1.54) is 0 Å². The van der Waals surface area contributed by atoms with Gasteiger partial charge in [0.1, 0.15) is 23.1 Å². The Labute approximate surface area is 170 Å². The van der Waals surface area contributed by atoms with E-state index in [2.05, 4.69) is 20.6 Å². The number of amides is 1. The third-order valence-electron chi connectivity index (χ3n) is 4.36. The Hall–Kier alpha value is -3.61. The van der Waals surface area contributed by atoms with Crippen LogP contribution in [0.25, 0.3) is 0 Å². The number of carbonyl (C=O) groups is 1. The molecule has 3 rings (SSSR count). The van der Waals surface area contributed by atoms with Crippen molar-refractivity contribution in [1.82, 2.24) is 15.3 Å². The molecule has 0 bridgehead atoms. The molecule has 1 amide bonds. The van der Waals surface area contributed by atoms with E-state index in [0.717, 1.165) is 22.7 Å². The second-order valence-corrected chi connectivity index (χ2v) is 6.75. The average molecular weight is 391 g/mol. The summed E-state index contributed by atoms with van der Waals surface area (Å²) in [6.07, 6.45) is 0. The molecule has 1 heterocycles. The lowest BCUT2D eigenvalue weighted by Crippen LogP contribution is -2.24. The highest BCUT2D eigenvalue weighted by Crippen LogP contribution is 2.20. The van der Waals surface area contributed by atoms with Crippen LogP contribution in [0.5, 0.6) is 5.75 Å². The van der Waals surface area contributed by atoms with Gasteiger partial charge in [-0.15, -0.1) is 0 Å². The van der Waals surface area contributed by atoms with Gasteiger partial charge in [0, 0.05) is 43.6 Å². The fourth-order valence-corrected chi connectivity index (χ4v) is 2.85. The summed E-state index contributed by atoms with van der Waals surface area (Å²) in [6.45, 7) is 2.11. The van der Waals surface area contributed by atoms with Crippen LogP contribution >= 0.6 is 0 Å². The Morgan fingerprint density at radius 1 is 1.07 bits per heavy atom. The number of ether oxygens (including phenoxy) is 1. The number of anilines is 3. The van der Waals surface area contributed by atoms with Crippen molar-refractivity contribution >= 4 is 23.1 Å². The van der Waals surface area contributed by atoms with Crippen molar-refractivity contribution in [3.8, 4) is 5.75 Å². The zero-order valence-electron chi connectivity index (χ0n) is 17.1. The molecule has 0 saturated heterocycles. The van der Waals surface area contributed by atoms with Crippen LogP contribution in [0.4, 0.5) is 17.2 Å². The minimum atomic E-state index is -0.271. The minimum absolute atomic E-state index is 0.271. The maximum Gasteiger partial charge on any atom is 0.270 e. The molecule has 0 unspecified atom stereocenters. The minimum Gasteiger partial charge on any atom is -0.496 e. The summed E-state index contributed by atoms with van der Waals surface area (Å²) in [5, 5.41) is 6.11. The highest BCUT2D eigenvalue weighted by Gasteiger charge is 2.12. The molecule has 0 atom stereocenters. The van der Waals surface area contributed by atoms with Gasteiger partial charge in [0.2, 0.25) is 0 Å². The molecular weight excluding hydrogens is 366 g/mol. The summed E-state index contributed by atoms with van der Waals surface area (Å²) in [5.74, 6) is 1.54. The van der Waals surface area contributed by atoms with Crippen molar-refractivity contribution in [2.75, 3.05) is 31.4 Å². The van der Waals surface area contributed by atoms with Gasteiger partial charge < -0.3 is 20.3 Å². The highest BCUT2D eigenvalue weighted by atomic mass is 16.5. The van der Waals surface area contributed by atoms with E-state index in [9.17, 15) is 4.79 Å². The topological polar surface area (TPSA) is 79.4 Å². The van der Waals surface area contributed by atoms with Crippen LogP contribution in [0.1, 0.15) is 21.9 Å². The van der Waals surface area contributed by atoms with Gasteiger partial charge in [-0.2, -0.15) is 0 Å². The first-order valence-corrected chi connectivity index (χ1v) is 9.26. The summed E-state index contributed by atoms with van der Waals surface area (Å²) < 4.78 is 5.32. The van der Waals surface area contributed by atoms with Crippen molar-refractivity contribution in [2.24, 2.45) is 0 Å². The number of nitrogens with zero attached hydrogens (tertiary/aromatic N) is 3. The SMILES string of the molecule is COc1ccccc1CNC(=O)c1cc(Nc2ccc(N(C)C)cc2)nc(C)n1. The summed E-state index contributed by atoms with van der Waals surface area (Å²) >= 11 is 0. The molecule has 7 heteroatoms. The maximum absolute atomic E-state index is 12.6. The fourth-order valence-electron chi connectivity index (χ4n) is 2.85. The first-order valence-electron chi connectivity index (χ1n) is 9.26. The Morgan fingerprint density at radius 2 is 1.79 bits per heavy atom. The van der Waals surface area contributed by atoms with Crippen molar-refractivity contribution in [2.45, 2.75) is 13.5 Å². The van der Waals surface area contributed by atoms with E-state index in [4.69, 9.17) is 4.74 Å². The van der Waals surface area contributed by atoms with E-state index in [1.807, 2.05) is 67.5 Å². The molecule has 0 radical (unpaired) electrons. The smallest absolute Gasteiger partial charge is 0.270 e. The quantitative estimate of drug-likeness (QED) is 0.641. The molecule has 0 aliphatic heterocycles. The summed E-state index contributed by atoms with van der Waals surface area (Å²) in [6, 6.07) is 17.2. The van der Waals surface area contributed by atoms with Gasteiger partial charge in [-0.1, -0.05) is 18.2 Å². The number of rotatable bonds is 7. The van der Waals surface area contributed by atoms with E-state index < -0.39 is 0 Å². The molecule has 7 nitrogen and oxygen atoms in total. The Balaban J connectivity index is 1.71. The number of hydrogen-bond acceptors (Lipinski definition) is 6. The van der Waals surface area contributed by atoms with Crippen molar-refractivity contribution < 1.29 is 9.53 Å². The molecule has 0 fully saturated rings. The number of benzene rings is 2. The number of aryl methyl sites for hydroxylation is 1. The number of para-hydroxylation sites is 1. The first-order chi connectivity index (χ1) is 14.0. The third-order valence-corrected chi connectivity index (χ3v) is 4.36. The monoisotopic (exact) mass is 391 g/mol. The number of carbonyl (C=O) groups excluding carboxylic acids is 1. The number of nitrogens with one attached hydrogen (secondary N) is 2. The Bertz CT molecular complexity index is 987. The van der Waals surface area contributed by atoms with E-state index >= 15 is 0 Å². The van der Waals surface area contributed by atoms with Crippen molar-refractivity contribution in [1.29, 1.82) is 0 Å². The highest BCUT2D eigenvalue weighted by molar-refractivity contribution is 5.93. The Morgan fingerprint density at radius 3 is 2.48 bits per heavy atom. The van der Waals surface area contributed by atoms with Gasteiger partial charge in [0.15, 0.2) is 0 Å². The summed E-state index contributed by atoms with van der Waals surface area (Å²) in [7, 11) is 5.59. The molecule has 150 valence electrons. The maximum atomic E-state index is 12.6. The number of hydrogen-bond donors (Lipinski definition) is 2. The second kappa shape index (κ2) is 9.05. The molecule has 2 N–H and O–H groups in total. The standard InChI is InChI=1S/C22H25N5O2/c1-15-24-19(22(28)23-14-16-7-5-6-8-20(16)29-4)13-21(25-15)26-17-9-11-18(12-10-17)27(2)3/h5-13H,14H2,1-4H3,(H,23,28)(H,24,25,26). The zero-order valence-corrected chi connectivity index (χ0v) is 17.1. The normalized spacial score (nSPS) is 10.3. The fraction of sp³-hybridized carbons (Fsp3) is 0.227. The molecule has 0 saturated carbocycles. The van der Waals surface area contributed by atoms with Gasteiger partial charge in [0.25, 0.3) is 5.91 Å². The van der Waals surface area contributed by atoms with Gasteiger partial charge in [-0.25, -0.2) is 9.97 Å². The van der Waals surface area contributed by atoms with Crippen LogP contribution in [0, 0.1) is 6.92 Å². The molecule has 0 aliphatic carbocycles. The molecule has 29 heavy (non-hydrogen) atoms. The second-order valence-electron chi connectivity index (χ2n) is 6.75. The molecular formula is C22H25N5O2. The van der Waals surface area contributed by atoms with Crippen LogP contribution in [-0.2, 0) is 6.54 Å². The molecule has 0 spiro atoms. The third kappa shape index (κ3) is 5.22. The van der Waals surface area contributed by atoms with Crippen LogP contribution < -0.4 is 20.3 Å². The van der Waals surface area contributed by atoms with Gasteiger partial charge in [-0.05, 0) is 37.3 Å². The van der Waals surface area contributed by atoms with E-state index in [-0.39, 0.29) is 5.91 Å². The van der Waals surface area contributed by atoms with Gasteiger partial charge in [-0.3, -0.25) is 4.79 Å². The summed E-state index contributed by atoms with van der Waals surface area (Å²) in [4.78, 5) is 23.3. The van der Waals surface area contributed by atoms with Crippen molar-refractivity contribution in [3.63, 3.8) is 0 Å². The van der Waals surface area contributed by atoms with Crippen LogP contribution in [-0.4, -0.2) is 37.1 Å². The molecule has 2 aromatic carbocycles. The summed E-state index contributed by atoms with van der Waals surface area (Å²) in [5.41, 5.74) is 3.19. The predicted molar refractivity (Wildman–Crippen MR) is 115 cm³/mol. The number of methoxy groups -OCH3 is 1. The van der Waals surface area contributed by atoms with Gasteiger partial charge >= 0.3 is 0 Å². The van der Waals surface area contributed by atoms with Gasteiger partial charge in [0.05, 0.1) is 7.11 Å². The van der Waals surface area contributed by atoms with Crippen LogP contribution in [0.2, 0.25) is 0 Å². The number of aromatic nitrogens is 2. The van der Waals surface area contributed by atoms with Crippen LogP contribution in [0.3, 0.4) is 0 Å².